The Balaban J connectivity index is 1.63. The lowest BCUT2D eigenvalue weighted by Crippen LogP contribution is -2.20. The first-order chi connectivity index (χ1) is 16.4. The predicted molar refractivity (Wildman–Crippen MR) is 129 cm³/mol. The monoisotopic (exact) mass is 477 g/mol. The highest BCUT2D eigenvalue weighted by Gasteiger charge is 2.12. The minimum absolute atomic E-state index is 0.0586. The van der Waals surface area contributed by atoms with Crippen molar-refractivity contribution in [3.63, 3.8) is 0 Å². The van der Waals surface area contributed by atoms with Gasteiger partial charge in [-0.2, -0.15) is 5.26 Å². The van der Waals surface area contributed by atoms with Gasteiger partial charge in [-0.15, -0.1) is 0 Å². The van der Waals surface area contributed by atoms with Gasteiger partial charge in [0.15, 0.2) is 6.61 Å². The molecule has 0 aliphatic rings. The van der Waals surface area contributed by atoms with Crippen molar-refractivity contribution in [2.24, 2.45) is 0 Å². The van der Waals surface area contributed by atoms with E-state index in [-0.39, 0.29) is 28.7 Å². The molecular weight excluding hydrogens is 458 g/mol. The lowest BCUT2D eigenvalue weighted by Gasteiger charge is -2.11. The highest BCUT2D eigenvalue weighted by atomic mass is 35.5. The molecule has 0 saturated heterocycles. The maximum atomic E-state index is 12.4. The van der Waals surface area contributed by atoms with E-state index < -0.39 is 11.8 Å². The van der Waals surface area contributed by atoms with E-state index >= 15 is 0 Å². The molecule has 8 nitrogen and oxygen atoms in total. The summed E-state index contributed by atoms with van der Waals surface area (Å²) < 4.78 is 10.7. The number of rotatable bonds is 8. The van der Waals surface area contributed by atoms with Gasteiger partial charge in [0.05, 0.1) is 17.8 Å². The zero-order chi connectivity index (χ0) is 24.5. The number of nitriles is 1. The number of hydrogen-bond donors (Lipinski definition) is 3. The van der Waals surface area contributed by atoms with Gasteiger partial charge < -0.3 is 25.2 Å². The third-order valence-corrected chi connectivity index (χ3v) is 4.79. The van der Waals surface area contributed by atoms with Crippen LogP contribution in [0, 0.1) is 11.3 Å². The number of hydrogen-bond acceptors (Lipinski definition) is 6. The summed E-state index contributed by atoms with van der Waals surface area (Å²) >= 11 is 6.26. The van der Waals surface area contributed by atoms with Gasteiger partial charge in [-0.3, -0.25) is 9.59 Å². The second kappa shape index (κ2) is 11.4. The second-order valence-corrected chi connectivity index (χ2v) is 7.31. The topological polar surface area (TPSA) is 121 Å². The number of methoxy groups -OCH3 is 1. The first kappa shape index (κ1) is 24.2. The fourth-order valence-corrected chi connectivity index (χ4v) is 3.10. The van der Waals surface area contributed by atoms with E-state index in [0.29, 0.717) is 22.7 Å². The summed E-state index contributed by atoms with van der Waals surface area (Å²) in [6, 6.07) is 19.3. The van der Waals surface area contributed by atoms with E-state index in [0.717, 1.165) is 0 Å². The van der Waals surface area contributed by atoms with Crippen molar-refractivity contribution in [2.45, 2.75) is 0 Å². The van der Waals surface area contributed by atoms with Crippen LogP contribution < -0.4 is 20.1 Å². The van der Waals surface area contributed by atoms with E-state index in [1.165, 1.54) is 49.6 Å². The van der Waals surface area contributed by atoms with Crippen molar-refractivity contribution >= 4 is 40.9 Å². The molecule has 0 aliphatic carbocycles. The largest absolute Gasteiger partial charge is 0.508 e. The zero-order valence-electron chi connectivity index (χ0n) is 18.0. The molecule has 0 saturated carbocycles. The third-order valence-electron chi connectivity index (χ3n) is 4.50. The number of carbonyl (C=O) groups excluding carboxylic acids is 2. The van der Waals surface area contributed by atoms with Crippen LogP contribution in [0.1, 0.15) is 5.56 Å². The van der Waals surface area contributed by atoms with Crippen LogP contribution in [0.5, 0.6) is 17.2 Å². The van der Waals surface area contributed by atoms with Crippen LogP contribution in [0.3, 0.4) is 0 Å². The summed E-state index contributed by atoms with van der Waals surface area (Å²) in [6.07, 6.45) is 1.37. The van der Waals surface area contributed by atoms with E-state index in [2.05, 4.69) is 10.6 Å². The van der Waals surface area contributed by atoms with Crippen LogP contribution >= 0.6 is 11.6 Å². The molecule has 0 aromatic heterocycles. The number of nitrogens with one attached hydrogen (secondary N) is 2. The van der Waals surface area contributed by atoms with Crippen molar-refractivity contribution in [2.75, 3.05) is 24.4 Å². The molecule has 3 aromatic carbocycles. The number of halogens is 1. The van der Waals surface area contributed by atoms with Gasteiger partial charge in [0.1, 0.15) is 28.9 Å². The summed E-state index contributed by atoms with van der Waals surface area (Å²) in [6.45, 7) is -0.286. The zero-order valence-corrected chi connectivity index (χ0v) is 18.8. The molecule has 2 amide bonds. The van der Waals surface area contributed by atoms with Gasteiger partial charge >= 0.3 is 0 Å². The number of benzene rings is 3. The molecule has 0 heterocycles. The molecule has 0 atom stereocenters. The average Bonchev–Trinajstić information content (AvgIpc) is 2.83. The molecular formula is C25H20ClN3O5. The van der Waals surface area contributed by atoms with Crippen molar-refractivity contribution < 1.29 is 24.2 Å². The van der Waals surface area contributed by atoms with E-state index in [1.54, 1.807) is 30.3 Å². The Hall–Kier alpha value is -4.48. The van der Waals surface area contributed by atoms with Crippen LogP contribution in [0.2, 0.25) is 5.02 Å². The van der Waals surface area contributed by atoms with Gasteiger partial charge in [0, 0.05) is 5.69 Å². The van der Waals surface area contributed by atoms with Crippen molar-refractivity contribution in [1.82, 2.24) is 0 Å². The number of ether oxygens (including phenoxy) is 2. The molecule has 0 aliphatic heterocycles. The van der Waals surface area contributed by atoms with Crippen molar-refractivity contribution in [3.05, 3.63) is 82.9 Å². The lowest BCUT2D eigenvalue weighted by atomic mass is 10.1. The SMILES string of the molecule is COc1ccccc1NC(=O)COc1ccc(/C=C(\C#N)C(=O)Nc2ccc(O)cc2)cc1Cl. The predicted octanol–water partition coefficient (Wildman–Crippen LogP) is 4.62. The van der Waals surface area contributed by atoms with E-state index in [4.69, 9.17) is 21.1 Å². The van der Waals surface area contributed by atoms with E-state index in [9.17, 15) is 20.0 Å². The molecule has 0 radical (unpaired) electrons. The maximum Gasteiger partial charge on any atom is 0.266 e. The van der Waals surface area contributed by atoms with Gasteiger partial charge in [-0.1, -0.05) is 29.8 Å². The Morgan fingerprint density at radius 2 is 1.79 bits per heavy atom. The highest BCUT2D eigenvalue weighted by molar-refractivity contribution is 6.32. The molecule has 9 heteroatoms. The normalized spacial score (nSPS) is 10.7. The second-order valence-electron chi connectivity index (χ2n) is 6.90. The number of phenolic OH excluding ortho intramolecular Hbond substituents is 1. The number of nitrogens with zero attached hydrogens (tertiary/aromatic N) is 1. The Morgan fingerprint density at radius 1 is 1.06 bits per heavy atom. The molecule has 3 N–H and O–H groups in total. The average molecular weight is 478 g/mol. The Bertz CT molecular complexity index is 1270. The van der Waals surface area contributed by atoms with Gasteiger partial charge in [0.25, 0.3) is 11.8 Å². The third kappa shape index (κ3) is 6.51. The molecule has 172 valence electrons. The molecule has 0 spiro atoms. The van der Waals surface area contributed by atoms with Crippen LogP contribution in [0.25, 0.3) is 6.08 Å². The minimum atomic E-state index is -0.613. The molecule has 0 bridgehead atoms. The maximum absolute atomic E-state index is 12.4. The quantitative estimate of drug-likeness (QED) is 0.247. The molecule has 0 unspecified atom stereocenters. The number of aromatic hydroxyl groups is 1. The molecule has 34 heavy (non-hydrogen) atoms. The Kier molecular flexibility index (Phi) is 8.11. The summed E-state index contributed by atoms with van der Waals surface area (Å²) in [5.41, 5.74) is 1.29. The molecule has 3 rings (SSSR count). The lowest BCUT2D eigenvalue weighted by molar-refractivity contribution is -0.118. The number of carbonyl (C=O) groups is 2. The first-order valence-corrected chi connectivity index (χ1v) is 10.3. The first-order valence-electron chi connectivity index (χ1n) is 9.97. The standard InChI is InChI=1S/C25H20ClN3O5/c1-33-23-5-3-2-4-21(23)29-24(31)15-34-22-11-6-16(13-20(22)26)12-17(14-27)25(32)28-18-7-9-19(30)10-8-18/h2-13,30H,15H2,1H3,(H,28,32)(H,29,31)/b17-12+. The number of amides is 2. The summed E-state index contributed by atoms with van der Waals surface area (Å²) in [4.78, 5) is 24.6. The summed E-state index contributed by atoms with van der Waals surface area (Å²) in [7, 11) is 1.51. The number of para-hydroxylation sites is 2. The summed E-state index contributed by atoms with van der Waals surface area (Å²) in [5.74, 6) is -0.169. The molecule has 0 fully saturated rings. The summed E-state index contributed by atoms with van der Waals surface area (Å²) in [5, 5.41) is 24.2. The van der Waals surface area contributed by atoms with Crippen LogP contribution in [0.15, 0.2) is 72.3 Å². The smallest absolute Gasteiger partial charge is 0.266 e. The van der Waals surface area contributed by atoms with Crippen LogP contribution in [-0.4, -0.2) is 30.6 Å². The number of phenols is 1. The fraction of sp³-hybridized carbons (Fsp3) is 0.0800. The fourth-order valence-electron chi connectivity index (χ4n) is 2.86. The van der Waals surface area contributed by atoms with Crippen molar-refractivity contribution in [1.29, 1.82) is 5.26 Å². The Morgan fingerprint density at radius 3 is 2.47 bits per heavy atom. The number of anilines is 2. The molecule has 3 aromatic rings. The van der Waals surface area contributed by atoms with Gasteiger partial charge in [-0.25, -0.2) is 0 Å². The van der Waals surface area contributed by atoms with Crippen molar-refractivity contribution in [3.8, 4) is 23.3 Å². The van der Waals surface area contributed by atoms with Crippen LogP contribution in [0.4, 0.5) is 11.4 Å². The van der Waals surface area contributed by atoms with Gasteiger partial charge in [-0.05, 0) is 60.2 Å². The van der Waals surface area contributed by atoms with E-state index in [1.807, 2.05) is 6.07 Å². The van der Waals surface area contributed by atoms with Gasteiger partial charge in [0.2, 0.25) is 0 Å². The minimum Gasteiger partial charge on any atom is -0.508 e. The highest BCUT2D eigenvalue weighted by Crippen LogP contribution is 2.27. The van der Waals surface area contributed by atoms with Crippen LogP contribution in [-0.2, 0) is 9.59 Å². The Labute approximate surface area is 201 Å².